The Bertz CT molecular complexity index is 1990. The fourth-order valence-corrected chi connectivity index (χ4v) is 5.13. The van der Waals surface area contributed by atoms with Crippen molar-refractivity contribution < 1.29 is 4.79 Å². The molecule has 0 fully saturated rings. The molecule has 3 aromatic heterocycles. The van der Waals surface area contributed by atoms with Gasteiger partial charge in [0.15, 0.2) is 5.15 Å². The van der Waals surface area contributed by atoms with Gasteiger partial charge >= 0.3 is 0 Å². The van der Waals surface area contributed by atoms with Gasteiger partial charge in [-0.1, -0.05) is 70.3 Å². The van der Waals surface area contributed by atoms with Crippen LogP contribution in [0.2, 0.25) is 15.2 Å². The number of carbonyl (C=O) groups is 1. The van der Waals surface area contributed by atoms with Crippen molar-refractivity contribution in [3.8, 4) is 16.9 Å². The maximum atomic E-state index is 13.8. The van der Waals surface area contributed by atoms with Crippen molar-refractivity contribution in [2.45, 2.75) is 12.5 Å². The van der Waals surface area contributed by atoms with E-state index in [2.05, 4.69) is 25.6 Å². The average molecular weight is 617 g/mol. The Hall–Kier alpha value is -4.57. The lowest BCUT2D eigenvalue weighted by atomic mass is 10.0. The molecule has 1 N–H and O–H groups in total. The van der Waals surface area contributed by atoms with E-state index in [-0.39, 0.29) is 11.6 Å². The molecule has 0 unspecified atom stereocenters. The summed E-state index contributed by atoms with van der Waals surface area (Å²) in [6.07, 6.45) is 4.75. The molecule has 1 amide bonds. The Kier molecular flexibility index (Phi) is 7.71. The van der Waals surface area contributed by atoms with Crippen molar-refractivity contribution in [3.05, 3.63) is 129 Å². The number of anilines is 1. The van der Waals surface area contributed by atoms with E-state index < -0.39 is 17.5 Å². The van der Waals surface area contributed by atoms with E-state index in [1.54, 1.807) is 48.7 Å². The zero-order chi connectivity index (χ0) is 29.2. The fraction of sp³-hybridized carbons (Fsp3) is 0.0667. The summed E-state index contributed by atoms with van der Waals surface area (Å²) in [5, 5.41) is 12.7. The van der Waals surface area contributed by atoms with E-state index in [0.717, 1.165) is 5.56 Å². The van der Waals surface area contributed by atoms with Gasteiger partial charge in [-0.3, -0.25) is 19.1 Å². The Balaban J connectivity index is 1.40. The molecule has 42 heavy (non-hydrogen) atoms. The number of benzene rings is 3. The number of hydrogen-bond acceptors (Lipinski definition) is 6. The standard InChI is InChI=1S/C30H20Cl3N7O2/c31-19-6-8-23-21(13-19)24(10-11-34-23)36-30(42)27(12-18-4-2-1-3-5-18)39-17-35-25(15-29(39)41)22-14-20(32)7-9-26(22)40-16-28(33)37-38-40/h1-11,13-17,27H,12H2,(H,34,36,42)/t27-/m0/s1. The van der Waals surface area contributed by atoms with Gasteiger partial charge in [0.1, 0.15) is 6.04 Å². The molecule has 6 aromatic rings. The van der Waals surface area contributed by atoms with Crippen LogP contribution in [-0.2, 0) is 11.2 Å². The van der Waals surface area contributed by atoms with Crippen molar-refractivity contribution in [1.82, 2.24) is 29.5 Å². The van der Waals surface area contributed by atoms with E-state index >= 15 is 0 Å². The van der Waals surface area contributed by atoms with E-state index in [4.69, 9.17) is 34.8 Å². The second-order valence-electron chi connectivity index (χ2n) is 9.38. The maximum Gasteiger partial charge on any atom is 0.254 e. The largest absolute Gasteiger partial charge is 0.324 e. The third kappa shape index (κ3) is 5.75. The molecule has 3 aromatic carbocycles. The summed E-state index contributed by atoms with van der Waals surface area (Å²) in [5.74, 6) is -0.399. The summed E-state index contributed by atoms with van der Waals surface area (Å²) >= 11 is 18.5. The highest BCUT2D eigenvalue weighted by Crippen LogP contribution is 2.29. The van der Waals surface area contributed by atoms with Gasteiger partial charge in [-0.25, -0.2) is 9.67 Å². The summed E-state index contributed by atoms with van der Waals surface area (Å²) in [5.41, 5.74) is 3.10. The van der Waals surface area contributed by atoms with Crippen LogP contribution < -0.4 is 10.9 Å². The van der Waals surface area contributed by atoms with Crippen LogP contribution in [0, 0.1) is 0 Å². The van der Waals surface area contributed by atoms with Crippen LogP contribution in [0.1, 0.15) is 11.6 Å². The summed E-state index contributed by atoms with van der Waals surface area (Å²) in [7, 11) is 0. The normalized spacial score (nSPS) is 11.9. The number of pyridine rings is 1. The number of halogens is 3. The zero-order valence-electron chi connectivity index (χ0n) is 21.7. The van der Waals surface area contributed by atoms with E-state index in [0.29, 0.717) is 43.6 Å². The molecule has 0 saturated heterocycles. The first-order chi connectivity index (χ1) is 20.4. The summed E-state index contributed by atoms with van der Waals surface area (Å²) in [6, 6.07) is 21.9. The van der Waals surface area contributed by atoms with Crippen LogP contribution in [0.15, 0.2) is 102 Å². The van der Waals surface area contributed by atoms with Crippen molar-refractivity contribution in [2.75, 3.05) is 5.32 Å². The average Bonchev–Trinajstić information content (AvgIpc) is 3.42. The molecule has 0 bridgehead atoms. The number of rotatable bonds is 7. The molecular weight excluding hydrogens is 597 g/mol. The minimum absolute atomic E-state index is 0.207. The second kappa shape index (κ2) is 11.7. The highest BCUT2D eigenvalue weighted by Gasteiger charge is 2.24. The first-order valence-corrected chi connectivity index (χ1v) is 13.8. The first-order valence-electron chi connectivity index (χ1n) is 12.7. The molecule has 6 rings (SSSR count). The molecule has 1 atom stereocenters. The highest BCUT2D eigenvalue weighted by atomic mass is 35.5. The molecule has 0 aliphatic carbocycles. The molecule has 0 saturated carbocycles. The van der Waals surface area contributed by atoms with Crippen molar-refractivity contribution in [3.63, 3.8) is 0 Å². The maximum absolute atomic E-state index is 13.8. The van der Waals surface area contributed by atoms with Crippen molar-refractivity contribution >= 4 is 57.3 Å². The van der Waals surface area contributed by atoms with Gasteiger partial charge in [-0.2, -0.15) is 0 Å². The Morgan fingerprint density at radius 3 is 2.45 bits per heavy atom. The topological polar surface area (TPSA) is 108 Å². The Labute approximate surface area is 254 Å². The van der Waals surface area contributed by atoms with Gasteiger partial charge < -0.3 is 5.32 Å². The number of nitrogens with one attached hydrogen (secondary N) is 1. The van der Waals surface area contributed by atoms with Crippen LogP contribution in [0.5, 0.6) is 0 Å². The minimum atomic E-state index is -0.920. The van der Waals surface area contributed by atoms with Gasteiger partial charge in [-0.05, 0) is 48.0 Å². The molecular formula is C30H20Cl3N7O2. The predicted molar refractivity (Wildman–Crippen MR) is 163 cm³/mol. The van der Waals surface area contributed by atoms with Gasteiger partial charge in [0, 0.05) is 39.7 Å². The van der Waals surface area contributed by atoms with E-state index in [1.165, 1.54) is 27.8 Å². The number of amides is 1. The van der Waals surface area contributed by atoms with Crippen LogP contribution in [0.25, 0.3) is 27.8 Å². The lowest BCUT2D eigenvalue weighted by Gasteiger charge is -2.20. The van der Waals surface area contributed by atoms with Gasteiger partial charge in [0.2, 0.25) is 5.91 Å². The molecule has 0 aliphatic heterocycles. The van der Waals surface area contributed by atoms with Gasteiger partial charge in [0.05, 0.1) is 35.1 Å². The third-order valence-corrected chi connectivity index (χ3v) is 7.30. The van der Waals surface area contributed by atoms with Crippen LogP contribution in [0.3, 0.4) is 0 Å². The minimum Gasteiger partial charge on any atom is -0.324 e. The molecule has 0 spiro atoms. The van der Waals surface area contributed by atoms with Crippen molar-refractivity contribution in [1.29, 1.82) is 0 Å². The molecule has 12 heteroatoms. The monoisotopic (exact) mass is 615 g/mol. The quantitative estimate of drug-likeness (QED) is 0.222. The third-order valence-electron chi connectivity index (χ3n) is 6.65. The number of hydrogen-bond donors (Lipinski definition) is 1. The van der Waals surface area contributed by atoms with Crippen LogP contribution >= 0.6 is 34.8 Å². The fourth-order valence-electron chi connectivity index (χ4n) is 4.66. The van der Waals surface area contributed by atoms with Crippen LogP contribution in [-0.4, -0.2) is 35.4 Å². The second-order valence-corrected chi connectivity index (χ2v) is 10.6. The number of nitrogens with zero attached hydrogens (tertiary/aromatic N) is 6. The summed E-state index contributed by atoms with van der Waals surface area (Å²) in [6.45, 7) is 0. The van der Waals surface area contributed by atoms with E-state index in [9.17, 15) is 9.59 Å². The van der Waals surface area contributed by atoms with Gasteiger partial charge in [0.25, 0.3) is 5.56 Å². The van der Waals surface area contributed by atoms with E-state index in [1.807, 2.05) is 30.3 Å². The summed E-state index contributed by atoms with van der Waals surface area (Å²) in [4.78, 5) is 36.4. The number of carbonyl (C=O) groups excluding carboxylic acids is 1. The molecule has 3 heterocycles. The Morgan fingerprint density at radius 1 is 0.905 bits per heavy atom. The molecule has 0 radical (unpaired) electrons. The molecule has 9 nitrogen and oxygen atoms in total. The Morgan fingerprint density at radius 2 is 1.69 bits per heavy atom. The number of fused-ring (bicyclic) bond motifs is 1. The smallest absolute Gasteiger partial charge is 0.254 e. The SMILES string of the molecule is O=C(Nc1ccnc2ccc(Cl)cc12)[C@H](Cc1ccccc1)n1cnc(-c2cc(Cl)ccc2-n2cc(Cl)nn2)cc1=O. The summed E-state index contributed by atoms with van der Waals surface area (Å²) < 4.78 is 2.79. The zero-order valence-corrected chi connectivity index (χ0v) is 23.9. The van der Waals surface area contributed by atoms with Crippen LogP contribution in [0.4, 0.5) is 5.69 Å². The van der Waals surface area contributed by atoms with Gasteiger partial charge in [-0.15, -0.1) is 5.10 Å². The lowest BCUT2D eigenvalue weighted by molar-refractivity contribution is -0.119. The predicted octanol–water partition coefficient (Wildman–Crippen LogP) is 6.42. The number of aromatic nitrogens is 6. The highest BCUT2D eigenvalue weighted by molar-refractivity contribution is 6.31. The molecule has 208 valence electrons. The molecule has 0 aliphatic rings. The van der Waals surface area contributed by atoms with Crippen molar-refractivity contribution in [2.24, 2.45) is 0 Å². The lowest BCUT2D eigenvalue weighted by Crippen LogP contribution is -2.34. The first kappa shape index (κ1) is 27.6.